The largest absolute Gasteiger partial charge is 0.495 e. The number of para-hydroxylation sites is 2. The highest BCUT2D eigenvalue weighted by Gasteiger charge is 2.29. The van der Waals surface area contributed by atoms with E-state index in [2.05, 4.69) is 10.5 Å². The van der Waals surface area contributed by atoms with E-state index in [1.165, 1.54) is 25.5 Å². The molecule has 0 radical (unpaired) electrons. The number of aryl methyl sites for hydroxylation is 1. The first-order valence-electron chi connectivity index (χ1n) is 11.7. The molecule has 0 spiro atoms. The average Bonchev–Trinajstić information content (AvgIpc) is 2.89. The van der Waals surface area contributed by atoms with Gasteiger partial charge in [-0.2, -0.15) is 5.10 Å². The molecule has 196 valence electrons. The van der Waals surface area contributed by atoms with Gasteiger partial charge >= 0.3 is 0 Å². The molecule has 0 heterocycles. The molecule has 0 bridgehead atoms. The Balaban J connectivity index is 1.84. The number of anilines is 1. The van der Waals surface area contributed by atoms with Gasteiger partial charge < -0.3 is 14.2 Å². The Kier molecular flexibility index (Phi) is 9.51. The maximum Gasteiger partial charge on any atom is 0.264 e. The minimum atomic E-state index is -4.09. The van der Waals surface area contributed by atoms with Crippen LogP contribution >= 0.6 is 0 Å². The first-order chi connectivity index (χ1) is 17.8. The Morgan fingerprint density at radius 2 is 1.62 bits per heavy atom. The average molecular weight is 526 g/mol. The summed E-state index contributed by atoms with van der Waals surface area (Å²) in [7, 11) is -2.65. The zero-order valence-electron chi connectivity index (χ0n) is 21.3. The molecule has 3 aromatic carbocycles. The SMILES string of the molecule is CCOc1ccc(/C=N\NC(=O)CN(c2ccccc2OC)S(=O)(=O)c2ccc(C)cc2)cc1OCC. The van der Waals surface area contributed by atoms with Crippen LogP contribution in [0.15, 0.2) is 76.7 Å². The van der Waals surface area contributed by atoms with E-state index in [-0.39, 0.29) is 10.6 Å². The third-order valence-electron chi connectivity index (χ3n) is 5.22. The fourth-order valence-corrected chi connectivity index (χ4v) is 4.90. The second kappa shape index (κ2) is 12.8. The van der Waals surface area contributed by atoms with E-state index in [1.807, 2.05) is 20.8 Å². The van der Waals surface area contributed by atoms with E-state index in [1.54, 1.807) is 54.6 Å². The highest BCUT2D eigenvalue weighted by atomic mass is 32.2. The Bertz CT molecular complexity index is 1340. The molecule has 0 aliphatic rings. The van der Waals surface area contributed by atoms with Crippen molar-refractivity contribution in [1.29, 1.82) is 0 Å². The van der Waals surface area contributed by atoms with Crippen molar-refractivity contribution in [3.8, 4) is 17.2 Å². The van der Waals surface area contributed by atoms with Crippen LogP contribution in [0.3, 0.4) is 0 Å². The van der Waals surface area contributed by atoms with Crippen molar-refractivity contribution in [1.82, 2.24) is 5.43 Å². The lowest BCUT2D eigenvalue weighted by Gasteiger charge is -2.25. The van der Waals surface area contributed by atoms with E-state index in [9.17, 15) is 13.2 Å². The number of nitrogens with one attached hydrogen (secondary N) is 1. The molecular weight excluding hydrogens is 494 g/mol. The van der Waals surface area contributed by atoms with E-state index in [0.717, 1.165) is 9.87 Å². The summed E-state index contributed by atoms with van der Waals surface area (Å²) in [5.41, 5.74) is 4.22. The number of methoxy groups -OCH3 is 1. The molecule has 0 atom stereocenters. The van der Waals surface area contributed by atoms with Crippen molar-refractivity contribution in [3.05, 3.63) is 77.9 Å². The molecule has 1 amide bonds. The van der Waals surface area contributed by atoms with Crippen LogP contribution < -0.4 is 23.9 Å². The van der Waals surface area contributed by atoms with Gasteiger partial charge in [0.05, 0.1) is 37.1 Å². The van der Waals surface area contributed by atoms with E-state index in [4.69, 9.17) is 14.2 Å². The van der Waals surface area contributed by atoms with Gasteiger partial charge in [0.15, 0.2) is 11.5 Å². The minimum Gasteiger partial charge on any atom is -0.495 e. The minimum absolute atomic E-state index is 0.0538. The third-order valence-corrected chi connectivity index (χ3v) is 6.99. The number of carbonyl (C=O) groups is 1. The topological polar surface area (TPSA) is 107 Å². The van der Waals surface area contributed by atoms with Gasteiger partial charge in [0.25, 0.3) is 15.9 Å². The van der Waals surface area contributed by atoms with E-state index >= 15 is 0 Å². The molecule has 0 saturated carbocycles. The number of hydrazone groups is 1. The standard InChI is InChI=1S/C27H31N3O6S/c1-5-35-25-16-13-21(17-26(25)36-6-2)18-28-29-27(31)19-30(23-9-7-8-10-24(23)34-4)37(32,33)22-14-11-20(3)12-15-22/h7-18H,5-6,19H2,1-4H3,(H,29,31)/b28-18-. The van der Waals surface area contributed by atoms with Gasteiger partial charge in [-0.1, -0.05) is 29.8 Å². The maximum atomic E-state index is 13.6. The predicted molar refractivity (Wildman–Crippen MR) is 143 cm³/mol. The van der Waals surface area contributed by atoms with Gasteiger partial charge in [-0.05, 0) is 68.8 Å². The Morgan fingerprint density at radius 1 is 0.946 bits per heavy atom. The monoisotopic (exact) mass is 525 g/mol. The molecular formula is C27H31N3O6S. The van der Waals surface area contributed by atoms with E-state index in [0.29, 0.717) is 36.0 Å². The van der Waals surface area contributed by atoms with Gasteiger partial charge in [-0.15, -0.1) is 0 Å². The number of carbonyl (C=O) groups excluding carboxylic acids is 1. The highest BCUT2D eigenvalue weighted by Crippen LogP contribution is 2.32. The highest BCUT2D eigenvalue weighted by molar-refractivity contribution is 7.92. The molecule has 37 heavy (non-hydrogen) atoms. The number of hydrogen-bond donors (Lipinski definition) is 1. The van der Waals surface area contributed by atoms with Crippen LogP contribution in [-0.4, -0.2) is 47.4 Å². The van der Waals surface area contributed by atoms with Crippen LogP contribution in [0.25, 0.3) is 0 Å². The molecule has 0 unspecified atom stereocenters. The number of sulfonamides is 1. The zero-order valence-corrected chi connectivity index (χ0v) is 22.1. The molecule has 3 aromatic rings. The molecule has 10 heteroatoms. The second-order valence-corrected chi connectivity index (χ2v) is 9.72. The molecule has 0 fully saturated rings. The van der Waals surface area contributed by atoms with Crippen molar-refractivity contribution < 1.29 is 27.4 Å². The van der Waals surface area contributed by atoms with Crippen LogP contribution in [0.1, 0.15) is 25.0 Å². The summed E-state index contributed by atoms with van der Waals surface area (Å²) in [6.45, 7) is 6.06. The lowest BCUT2D eigenvalue weighted by molar-refractivity contribution is -0.119. The summed E-state index contributed by atoms with van der Waals surface area (Å²) in [4.78, 5) is 12.9. The second-order valence-electron chi connectivity index (χ2n) is 7.86. The van der Waals surface area contributed by atoms with Crippen LogP contribution in [0.2, 0.25) is 0 Å². The molecule has 1 N–H and O–H groups in total. The number of rotatable bonds is 12. The predicted octanol–water partition coefficient (Wildman–Crippen LogP) is 4.15. The van der Waals surface area contributed by atoms with Crippen molar-refractivity contribution in [2.24, 2.45) is 5.10 Å². The molecule has 0 aliphatic carbocycles. The van der Waals surface area contributed by atoms with Gasteiger partial charge in [0.2, 0.25) is 0 Å². The summed E-state index contributed by atoms with van der Waals surface area (Å²) in [6, 6.07) is 18.3. The van der Waals surface area contributed by atoms with E-state index < -0.39 is 22.5 Å². The zero-order chi connectivity index (χ0) is 26.8. The molecule has 0 saturated heterocycles. The van der Waals surface area contributed by atoms with Crippen LogP contribution in [-0.2, 0) is 14.8 Å². The summed E-state index contributed by atoms with van der Waals surface area (Å²) < 4.78 is 44.6. The van der Waals surface area contributed by atoms with Crippen molar-refractivity contribution in [2.45, 2.75) is 25.7 Å². The van der Waals surface area contributed by atoms with Crippen LogP contribution in [0.5, 0.6) is 17.2 Å². The molecule has 0 aromatic heterocycles. The third kappa shape index (κ3) is 7.01. The van der Waals surface area contributed by atoms with Gasteiger partial charge in [-0.3, -0.25) is 9.10 Å². The lowest BCUT2D eigenvalue weighted by atomic mass is 10.2. The number of nitrogens with zero attached hydrogens (tertiary/aromatic N) is 2. The normalized spacial score (nSPS) is 11.2. The van der Waals surface area contributed by atoms with Crippen molar-refractivity contribution in [3.63, 3.8) is 0 Å². The van der Waals surface area contributed by atoms with Crippen molar-refractivity contribution in [2.75, 3.05) is 31.2 Å². The van der Waals surface area contributed by atoms with Gasteiger partial charge in [0, 0.05) is 0 Å². The fraction of sp³-hybridized carbons (Fsp3) is 0.259. The first-order valence-corrected chi connectivity index (χ1v) is 13.2. The van der Waals surface area contributed by atoms with Crippen molar-refractivity contribution >= 4 is 27.8 Å². The van der Waals surface area contributed by atoms with Gasteiger partial charge in [0.1, 0.15) is 12.3 Å². The lowest BCUT2D eigenvalue weighted by Crippen LogP contribution is -2.39. The molecule has 3 rings (SSSR count). The summed E-state index contributed by atoms with van der Waals surface area (Å²) in [6.07, 6.45) is 1.44. The summed E-state index contributed by atoms with van der Waals surface area (Å²) >= 11 is 0. The number of amides is 1. The maximum absolute atomic E-state index is 13.6. The quantitative estimate of drug-likeness (QED) is 0.281. The fourth-order valence-electron chi connectivity index (χ4n) is 3.47. The number of ether oxygens (including phenoxy) is 3. The first kappa shape index (κ1) is 27.5. The summed E-state index contributed by atoms with van der Waals surface area (Å²) in [5, 5.41) is 4.00. The molecule has 9 nitrogen and oxygen atoms in total. The smallest absolute Gasteiger partial charge is 0.264 e. The van der Waals surface area contributed by atoms with Gasteiger partial charge in [-0.25, -0.2) is 13.8 Å². The Morgan fingerprint density at radius 3 is 2.30 bits per heavy atom. The Labute approximate surface area is 217 Å². The van der Waals surface area contributed by atoms with Crippen LogP contribution in [0.4, 0.5) is 5.69 Å². The molecule has 0 aliphatic heterocycles. The van der Waals surface area contributed by atoms with Crippen LogP contribution in [0, 0.1) is 6.92 Å². The summed E-state index contributed by atoms with van der Waals surface area (Å²) in [5.74, 6) is 0.853. The number of hydrogen-bond acceptors (Lipinski definition) is 7. The Hall–Kier alpha value is -4.05. The number of benzene rings is 3.